The predicted molar refractivity (Wildman–Crippen MR) is 438 cm³/mol. The standard InChI is InChI=1S/C54H137O36Si19/c1-27-61-99(62-28-2,63-29-3)51-47-95(19,20)77-105-75-92(73-91-14)74-104(58-13)84-106(78-94(17,18)46-44-60-42-40-56)82-103(57,76-93(15,16)45-43-59-41-39-55)83-107(86-105,79-96(21,22)48-52-100(64-30-4,65-31-5)66-32-6)89-109(88-106,81-98(25,26)50-54-102(70-36-10,71-37-11)72-38-12)90-108(85-104,87-105)80-97(23,24)49-53-101(67-33-7,68-34-8)69-35-9/h55-57H,27-54H2,1-26H3. The van der Waals surface area contributed by atoms with Crippen LogP contribution >= 0.6 is 0 Å². The van der Waals surface area contributed by atoms with Crippen molar-refractivity contribution >= 4 is 168 Å². The van der Waals surface area contributed by atoms with Crippen LogP contribution in [0.1, 0.15) is 83.1 Å². The van der Waals surface area contributed by atoms with Crippen LogP contribution in [0.3, 0.4) is 0 Å². The van der Waals surface area contributed by atoms with Crippen molar-refractivity contribution in [3.63, 3.8) is 0 Å². The largest absolute Gasteiger partial charge is 0.660 e. The van der Waals surface area contributed by atoms with Gasteiger partial charge in [0.15, 0.2) is 49.9 Å². The lowest BCUT2D eigenvalue weighted by atomic mass is 10.7. The lowest BCUT2D eigenvalue weighted by Gasteiger charge is -2.57. The van der Waals surface area contributed by atoms with Crippen molar-refractivity contribution in [2.75, 3.05) is 126 Å². The molecular weight excluding hydrogens is 1760 g/mol. The third kappa shape index (κ3) is 33.1. The zero-order valence-corrected chi connectivity index (χ0v) is 89.1. The molecule has 7 unspecified atom stereocenters. The van der Waals surface area contributed by atoms with Gasteiger partial charge in [0.25, 0.3) is 0 Å². The second-order valence-electron chi connectivity index (χ2n) is 28.7. The first-order valence-electron chi connectivity index (χ1n) is 38.4. The Kier molecular flexibility index (Phi) is 44.1. The van der Waals surface area contributed by atoms with E-state index in [4.69, 9.17) is 141 Å². The molecule has 645 valence electrons. The molecule has 6 bridgehead atoms. The van der Waals surface area contributed by atoms with E-state index in [9.17, 15) is 15.0 Å². The third-order valence-electron chi connectivity index (χ3n) is 16.2. The van der Waals surface area contributed by atoms with Gasteiger partial charge in [0, 0.05) is 124 Å². The molecule has 3 radical (unpaired) electrons. The molecule has 0 aliphatic carbocycles. The third-order valence-corrected chi connectivity index (χ3v) is 81.7. The summed E-state index contributed by atoms with van der Waals surface area (Å²) in [6.45, 7) is 49.9. The lowest BCUT2D eigenvalue weighted by Crippen LogP contribution is -2.88. The van der Waals surface area contributed by atoms with Crippen molar-refractivity contribution in [2.45, 2.75) is 229 Å². The number of rotatable bonds is 61. The summed E-state index contributed by atoms with van der Waals surface area (Å²) in [7, 11) is -79.2. The van der Waals surface area contributed by atoms with Gasteiger partial charge in [0.2, 0.25) is 9.76 Å². The molecule has 0 saturated carbocycles. The Bertz CT molecular complexity index is 2530. The summed E-state index contributed by atoms with van der Waals surface area (Å²) in [5.41, 5.74) is 0. The molecule has 36 nitrogen and oxygen atoms in total. The van der Waals surface area contributed by atoms with Gasteiger partial charge in [-0.2, -0.15) is 0 Å². The number of aliphatic hydroxyl groups is 2. The highest BCUT2D eigenvalue weighted by atomic mass is 28.7. The van der Waals surface area contributed by atoms with Crippen LogP contribution in [0.15, 0.2) is 0 Å². The molecule has 109 heavy (non-hydrogen) atoms. The SMILES string of the molecule is CCO[Si](CC[Si](C)(C)O[Si]12O[Si](O[Si]C)O[Si]3(OC)O[Si]4(O[Si](C)(C)CCOCCO)O[Si](O)(O[Si](C)(C)CCOCCO)O[Si](O[Si](C)(C)CC[Si](OCC)(OCC)OCC)(O1)O[Si](O[Si](C)(C)CC[Si](OCC)(OCC)OCC)(O4)O[Si](O[Si](C)(C)CC[Si](OCC)(OCC)OCC)(O3)O2)(OCC)OCC. The van der Waals surface area contributed by atoms with E-state index in [0.29, 0.717) is 0 Å². The number of ether oxygens (including phenoxy) is 2. The molecule has 7 atom stereocenters. The van der Waals surface area contributed by atoms with Gasteiger partial charge in [0.05, 0.1) is 26.4 Å². The summed E-state index contributed by atoms with van der Waals surface area (Å²) in [4.78, 5) is 14.6. The van der Waals surface area contributed by atoms with Crippen LogP contribution in [-0.2, 0) is 141 Å². The molecule has 0 aromatic heterocycles. The first-order valence-corrected chi connectivity index (χ1v) is 78.9. The Morgan fingerprint density at radius 2 is 0.514 bits per heavy atom. The fourth-order valence-corrected chi connectivity index (χ4v) is 89.9. The van der Waals surface area contributed by atoms with E-state index in [1.165, 1.54) is 7.11 Å². The summed E-state index contributed by atoms with van der Waals surface area (Å²) >= 11 is 0. The molecule has 4 saturated heterocycles. The summed E-state index contributed by atoms with van der Waals surface area (Å²) in [5, 5.41) is 19.8. The highest BCUT2D eigenvalue weighted by Crippen LogP contribution is 2.51. The highest BCUT2D eigenvalue weighted by Gasteiger charge is 2.88. The summed E-state index contributed by atoms with van der Waals surface area (Å²) < 4.78 is 234. The van der Waals surface area contributed by atoms with Gasteiger partial charge in [-0.25, -0.2) is 0 Å². The fourth-order valence-electron chi connectivity index (χ4n) is 11.8. The number of hydrogen-bond acceptors (Lipinski definition) is 36. The number of aliphatic hydroxyl groups excluding tert-OH is 2. The zero-order chi connectivity index (χ0) is 81.9. The van der Waals surface area contributed by atoms with E-state index in [1.807, 2.05) is 162 Å². The summed E-state index contributed by atoms with van der Waals surface area (Å²) in [6, 6.07) is 2.11. The van der Waals surface area contributed by atoms with Crippen LogP contribution in [0.25, 0.3) is 0 Å². The Morgan fingerprint density at radius 1 is 0.294 bits per heavy atom. The molecule has 0 amide bonds. The van der Waals surface area contributed by atoms with Crippen molar-refractivity contribution in [3.05, 3.63) is 0 Å². The van der Waals surface area contributed by atoms with Crippen molar-refractivity contribution < 1.29 is 156 Å². The second-order valence-corrected chi connectivity index (χ2v) is 86.8. The maximum Gasteiger partial charge on any atom is 0.660 e. The van der Waals surface area contributed by atoms with Crippen molar-refractivity contribution in [3.8, 4) is 0 Å². The smallest absolute Gasteiger partial charge is 0.414 e. The van der Waals surface area contributed by atoms with E-state index < -0.39 is 158 Å². The first-order chi connectivity index (χ1) is 51.0. The van der Waals surface area contributed by atoms with E-state index in [1.54, 1.807) is 6.55 Å². The Labute approximate surface area is 673 Å². The highest BCUT2D eigenvalue weighted by molar-refractivity contribution is 7.01. The van der Waals surface area contributed by atoms with Gasteiger partial charge in [-0.15, -0.1) is 0 Å². The van der Waals surface area contributed by atoms with Crippen LogP contribution in [0.4, 0.5) is 0 Å². The monoisotopic (exact) mass is 1890 g/mol. The Morgan fingerprint density at radius 3 is 0.761 bits per heavy atom. The molecule has 55 heteroatoms. The molecule has 0 aromatic carbocycles. The summed E-state index contributed by atoms with van der Waals surface area (Å²) in [5.74, 6) is 0. The van der Waals surface area contributed by atoms with E-state index in [2.05, 4.69) is 0 Å². The number of hydrogen-bond donors (Lipinski definition) is 3. The quantitative estimate of drug-likeness (QED) is 0.0382. The maximum atomic E-state index is 14.6. The maximum absolute atomic E-state index is 14.6. The second kappa shape index (κ2) is 46.2. The van der Waals surface area contributed by atoms with Crippen molar-refractivity contribution in [1.29, 1.82) is 0 Å². The Balaban J connectivity index is 2.51. The van der Waals surface area contributed by atoms with Crippen LogP contribution in [0.2, 0.25) is 146 Å². The van der Waals surface area contributed by atoms with Gasteiger partial charge >= 0.3 is 108 Å². The molecule has 0 spiro atoms. The minimum Gasteiger partial charge on any atom is -0.414 e. The molecule has 4 aliphatic heterocycles. The summed E-state index contributed by atoms with van der Waals surface area (Å²) in [6.07, 6.45) is 0. The van der Waals surface area contributed by atoms with Gasteiger partial charge < -0.3 is 156 Å². The molecular formula is C54H137O36Si19. The normalized spacial score (nSPS) is 26.1. The van der Waals surface area contributed by atoms with Crippen LogP contribution in [-0.4, -0.2) is 309 Å². The molecule has 4 rings (SSSR count). The number of fused-ring (bicyclic) bond motifs is 4. The van der Waals surface area contributed by atoms with E-state index in [-0.39, 0.29) is 189 Å². The molecule has 3 N–H and O–H groups in total. The predicted octanol–water partition coefficient (Wildman–Crippen LogP) is 8.12. The van der Waals surface area contributed by atoms with Crippen molar-refractivity contribution in [2.24, 2.45) is 0 Å². The Hall–Kier alpha value is 2.68. The molecule has 4 aliphatic rings. The average molecular weight is 1900 g/mol. The van der Waals surface area contributed by atoms with Gasteiger partial charge in [0.1, 0.15) is 0 Å². The molecule has 0 aromatic rings. The fraction of sp³-hybridized carbons (Fsp3) is 1.00. The molecule has 4 heterocycles. The van der Waals surface area contributed by atoms with Crippen LogP contribution in [0, 0.1) is 0 Å². The van der Waals surface area contributed by atoms with Gasteiger partial charge in [-0.3, -0.25) is 0 Å². The molecule has 4 fully saturated rings. The van der Waals surface area contributed by atoms with Crippen LogP contribution < -0.4 is 0 Å². The van der Waals surface area contributed by atoms with Crippen LogP contribution in [0.5, 0.6) is 0 Å². The van der Waals surface area contributed by atoms with E-state index in [0.717, 1.165) is 0 Å². The minimum atomic E-state index is -5.99. The zero-order valence-electron chi connectivity index (χ0n) is 70.1. The van der Waals surface area contributed by atoms with Gasteiger partial charge in [-0.1, -0.05) is 0 Å². The van der Waals surface area contributed by atoms with Gasteiger partial charge in [-0.05, 0) is 204 Å². The topological polar surface area (TPSA) is 365 Å². The first kappa shape index (κ1) is 104. The average Bonchev–Trinajstić information content (AvgIpc) is 0.695. The van der Waals surface area contributed by atoms with Crippen molar-refractivity contribution in [1.82, 2.24) is 0 Å². The van der Waals surface area contributed by atoms with E-state index >= 15 is 0 Å². The lowest BCUT2D eigenvalue weighted by molar-refractivity contribution is -0.105. The minimum absolute atomic E-state index is 0.00351.